The van der Waals surface area contributed by atoms with Crippen LogP contribution in [0.15, 0.2) is 24.3 Å². The molecule has 1 fully saturated rings. The van der Waals surface area contributed by atoms with Gasteiger partial charge in [0, 0.05) is 18.8 Å². The van der Waals surface area contributed by atoms with Crippen LogP contribution in [-0.2, 0) is 0 Å². The molecule has 2 rings (SSSR count). The average Bonchev–Trinajstić information content (AvgIpc) is 2.86. The second-order valence-electron chi connectivity index (χ2n) is 4.68. The third-order valence-corrected chi connectivity index (χ3v) is 3.29. The molecule has 1 aromatic rings. The van der Waals surface area contributed by atoms with Crippen molar-refractivity contribution in [2.45, 2.75) is 19.8 Å². The molecule has 3 nitrogen and oxygen atoms in total. The van der Waals surface area contributed by atoms with Gasteiger partial charge in [-0.3, -0.25) is 0 Å². The summed E-state index contributed by atoms with van der Waals surface area (Å²) in [5.74, 6) is 1.62. The predicted octanol–water partition coefficient (Wildman–Crippen LogP) is 2.26. The molecule has 1 unspecified atom stereocenters. The summed E-state index contributed by atoms with van der Waals surface area (Å²) in [4.78, 5) is 2.40. The minimum atomic E-state index is 0.658. The maximum absolute atomic E-state index is 5.71. The molecule has 1 aliphatic rings. The van der Waals surface area contributed by atoms with E-state index in [0.29, 0.717) is 5.92 Å². The van der Waals surface area contributed by atoms with Crippen LogP contribution >= 0.6 is 0 Å². The summed E-state index contributed by atoms with van der Waals surface area (Å²) in [5, 5.41) is 0. The average molecular weight is 234 g/mol. The summed E-state index contributed by atoms with van der Waals surface area (Å²) in [6.45, 7) is 5.92. The molecule has 2 N–H and O–H groups in total. The van der Waals surface area contributed by atoms with Gasteiger partial charge in [-0.2, -0.15) is 0 Å². The zero-order valence-corrected chi connectivity index (χ0v) is 10.6. The topological polar surface area (TPSA) is 38.5 Å². The largest absolute Gasteiger partial charge is 0.494 e. The van der Waals surface area contributed by atoms with Gasteiger partial charge in [0.2, 0.25) is 0 Å². The number of nitrogens with two attached hydrogens (primary N) is 1. The lowest BCUT2D eigenvalue weighted by atomic mass is 10.1. The van der Waals surface area contributed by atoms with Crippen LogP contribution in [0.3, 0.4) is 0 Å². The Labute approximate surface area is 104 Å². The van der Waals surface area contributed by atoms with E-state index in [0.717, 1.165) is 38.4 Å². The molecule has 0 amide bonds. The number of benzene rings is 1. The van der Waals surface area contributed by atoms with Gasteiger partial charge in [-0.05, 0) is 49.6 Å². The smallest absolute Gasteiger partial charge is 0.119 e. The number of hydrogen-bond acceptors (Lipinski definition) is 3. The van der Waals surface area contributed by atoms with Gasteiger partial charge < -0.3 is 15.4 Å². The summed E-state index contributed by atoms with van der Waals surface area (Å²) < 4.78 is 5.58. The van der Waals surface area contributed by atoms with E-state index in [9.17, 15) is 0 Å². The molecule has 1 aliphatic heterocycles. The van der Waals surface area contributed by atoms with Gasteiger partial charge in [-0.25, -0.2) is 0 Å². The van der Waals surface area contributed by atoms with Crippen LogP contribution in [0.1, 0.15) is 19.8 Å². The van der Waals surface area contributed by atoms with Gasteiger partial charge in [0.15, 0.2) is 0 Å². The van der Waals surface area contributed by atoms with Crippen molar-refractivity contribution in [3.8, 4) is 5.75 Å². The Hall–Kier alpha value is -1.22. The van der Waals surface area contributed by atoms with Crippen LogP contribution in [-0.4, -0.2) is 26.2 Å². The Kier molecular flexibility index (Phi) is 4.26. The molecule has 1 heterocycles. The minimum Gasteiger partial charge on any atom is -0.494 e. The second-order valence-corrected chi connectivity index (χ2v) is 4.68. The molecule has 1 saturated heterocycles. The van der Waals surface area contributed by atoms with E-state index in [4.69, 9.17) is 10.5 Å². The molecular formula is C14H22N2O. The van der Waals surface area contributed by atoms with E-state index < -0.39 is 0 Å². The standard InChI is InChI=1S/C14H22N2O/c1-2-9-17-14-5-3-13(4-6-14)16-8-7-12(10-15)11-16/h3-6,12H,2,7-11,15H2,1H3. The summed E-state index contributed by atoms with van der Waals surface area (Å²) in [6.07, 6.45) is 2.26. The Morgan fingerprint density at radius 2 is 2.12 bits per heavy atom. The highest BCUT2D eigenvalue weighted by Gasteiger charge is 2.21. The SMILES string of the molecule is CCCOc1ccc(N2CCC(CN)C2)cc1. The molecule has 0 aromatic heterocycles. The van der Waals surface area contributed by atoms with Gasteiger partial charge in [0.25, 0.3) is 0 Å². The lowest BCUT2D eigenvalue weighted by Gasteiger charge is -2.18. The molecule has 1 aromatic carbocycles. The highest BCUT2D eigenvalue weighted by atomic mass is 16.5. The van der Waals surface area contributed by atoms with Crippen molar-refractivity contribution in [3.05, 3.63) is 24.3 Å². The summed E-state index contributed by atoms with van der Waals surface area (Å²) >= 11 is 0. The van der Waals surface area contributed by atoms with Gasteiger partial charge in [-0.15, -0.1) is 0 Å². The summed E-state index contributed by atoms with van der Waals surface area (Å²) in [6, 6.07) is 8.40. The molecule has 0 radical (unpaired) electrons. The fraction of sp³-hybridized carbons (Fsp3) is 0.571. The van der Waals surface area contributed by atoms with Crippen LogP contribution in [0.5, 0.6) is 5.75 Å². The highest BCUT2D eigenvalue weighted by molar-refractivity contribution is 5.49. The van der Waals surface area contributed by atoms with Crippen LogP contribution in [0, 0.1) is 5.92 Å². The molecule has 17 heavy (non-hydrogen) atoms. The molecule has 1 atom stereocenters. The van der Waals surface area contributed by atoms with Crippen molar-refractivity contribution in [2.24, 2.45) is 11.7 Å². The zero-order chi connectivity index (χ0) is 12.1. The van der Waals surface area contributed by atoms with Crippen molar-refractivity contribution in [1.29, 1.82) is 0 Å². The predicted molar refractivity (Wildman–Crippen MR) is 71.6 cm³/mol. The van der Waals surface area contributed by atoms with E-state index in [2.05, 4.69) is 36.1 Å². The highest BCUT2D eigenvalue weighted by Crippen LogP contribution is 2.25. The molecular weight excluding hydrogens is 212 g/mol. The molecule has 0 saturated carbocycles. The van der Waals surface area contributed by atoms with Crippen molar-refractivity contribution < 1.29 is 4.74 Å². The van der Waals surface area contributed by atoms with Crippen LogP contribution < -0.4 is 15.4 Å². The number of anilines is 1. The quantitative estimate of drug-likeness (QED) is 0.849. The van der Waals surface area contributed by atoms with Gasteiger partial charge in [-0.1, -0.05) is 6.92 Å². The summed E-state index contributed by atoms with van der Waals surface area (Å²) in [7, 11) is 0. The first kappa shape index (κ1) is 12.2. The fourth-order valence-corrected chi connectivity index (χ4v) is 2.23. The van der Waals surface area contributed by atoms with E-state index in [-0.39, 0.29) is 0 Å². The van der Waals surface area contributed by atoms with Gasteiger partial charge in [0.1, 0.15) is 5.75 Å². The Bertz CT molecular complexity index is 337. The zero-order valence-electron chi connectivity index (χ0n) is 10.6. The van der Waals surface area contributed by atoms with Crippen molar-refractivity contribution in [2.75, 3.05) is 31.1 Å². The second kappa shape index (κ2) is 5.92. The van der Waals surface area contributed by atoms with E-state index in [1.165, 1.54) is 12.1 Å². The summed E-state index contributed by atoms with van der Waals surface area (Å²) in [5.41, 5.74) is 6.99. The third-order valence-electron chi connectivity index (χ3n) is 3.29. The molecule has 0 bridgehead atoms. The first-order chi connectivity index (χ1) is 8.33. The molecule has 94 valence electrons. The lowest BCUT2D eigenvalue weighted by molar-refractivity contribution is 0.317. The Balaban J connectivity index is 1.94. The normalized spacial score (nSPS) is 19.6. The third kappa shape index (κ3) is 3.13. The maximum Gasteiger partial charge on any atom is 0.119 e. The first-order valence-corrected chi connectivity index (χ1v) is 6.51. The van der Waals surface area contributed by atoms with Gasteiger partial charge in [0.05, 0.1) is 6.61 Å². The first-order valence-electron chi connectivity index (χ1n) is 6.51. The number of rotatable bonds is 5. The number of hydrogen-bond donors (Lipinski definition) is 1. The van der Waals surface area contributed by atoms with Crippen LogP contribution in [0.4, 0.5) is 5.69 Å². The monoisotopic (exact) mass is 234 g/mol. The number of nitrogens with zero attached hydrogens (tertiary/aromatic N) is 1. The Morgan fingerprint density at radius 1 is 1.35 bits per heavy atom. The number of ether oxygens (including phenoxy) is 1. The minimum absolute atomic E-state index is 0.658. The van der Waals surface area contributed by atoms with Crippen LogP contribution in [0.2, 0.25) is 0 Å². The van der Waals surface area contributed by atoms with E-state index in [1.54, 1.807) is 0 Å². The van der Waals surface area contributed by atoms with Crippen molar-refractivity contribution in [1.82, 2.24) is 0 Å². The van der Waals surface area contributed by atoms with Crippen LogP contribution in [0.25, 0.3) is 0 Å². The molecule has 0 spiro atoms. The maximum atomic E-state index is 5.71. The fourth-order valence-electron chi connectivity index (χ4n) is 2.23. The Morgan fingerprint density at radius 3 is 2.71 bits per heavy atom. The molecule has 0 aliphatic carbocycles. The van der Waals surface area contributed by atoms with E-state index >= 15 is 0 Å². The van der Waals surface area contributed by atoms with Crippen molar-refractivity contribution >= 4 is 5.69 Å². The van der Waals surface area contributed by atoms with Gasteiger partial charge >= 0.3 is 0 Å². The lowest BCUT2D eigenvalue weighted by Crippen LogP contribution is -2.22. The molecule has 3 heteroatoms. The van der Waals surface area contributed by atoms with Crippen molar-refractivity contribution in [3.63, 3.8) is 0 Å². The van der Waals surface area contributed by atoms with E-state index in [1.807, 2.05) is 0 Å².